The first kappa shape index (κ1) is 11.6. The van der Waals surface area contributed by atoms with E-state index in [1.165, 1.54) is 0 Å². The fourth-order valence-electron chi connectivity index (χ4n) is 1.58. The molecule has 0 spiro atoms. The summed E-state index contributed by atoms with van der Waals surface area (Å²) in [6.07, 6.45) is 3.67. The number of aromatic nitrogens is 2. The first-order chi connectivity index (χ1) is 8.06. The van der Waals surface area contributed by atoms with Crippen LogP contribution in [0.1, 0.15) is 29.9 Å². The predicted molar refractivity (Wildman–Crippen MR) is 67.1 cm³/mol. The molecule has 1 N–H and O–H groups in total. The molecular weight excluding hydrogens is 214 g/mol. The number of carbonyl (C=O) groups excluding carboxylic acids is 1. The van der Waals surface area contributed by atoms with E-state index >= 15 is 0 Å². The van der Waals surface area contributed by atoms with Crippen molar-refractivity contribution in [3.63, 3.8) is 0 Å². The van der Waals surface area contributed by atoms with Crippen molar-refractivity contribution < 1.29 is 4.79 Å². The smallest absolute Gasteiger partial charge is 0.271 e. The predicted octanol–water partition coefficient (Wildman–Crippen LogP) is 2.03. The third-order valence-corrected chi connectivity index (χ3v) is 2.52. The molecule has 0 aliphatic rings. The van der Waals surface area contributed by atoms with Gasteiger partial charge in [0, 0.05) is 18.9 Å². The van der Waals surface area contributed by atoms with Crippen molar-refractivity contribution >= 4 is 11.6 Å². The van der Waals surface area contributed by atoms with Crippen LogP contribution in [0.5, 0.6) is 0 Å². The SMILES string of the molecule is Cc1ccn2cc(C(=O)NCC(C)C)nc2c1. The molecule has 2 rings (SSSR count). The van der Waals surface area contributed by atoms with Crippen molar-refractivity contribution in [1.82, 2.24) is 14.7 Å². The van der Waals surface area contributed by atoms with E-state index in [0.29, 0.717) is 18.2 Å². The highest BCUT2D eigenvalue weighted by molar-refractivity contribution is 5.92. The zero-order chi connectivity index (χ0) is 12.4. The lowest BCUT2D eigenvalue weighted by Gasteiger charge is -2.04. The minimum Gasteiger partial charge on any atom is -0.350 e. The Labute approximate surface area is 101 Å². The molecule has 0 aromatic carbocycles. The summed E-state index contributed by atoms with van der Waals surface area (Å²) in [4.78, 5) is 16.1. The molecule has 0 saturated heterocycles. The molecule has 0 bridgehead atoms. The molecule has 4 nitrogen and oxygen atoms in total. The number of hydrogen-bond donors (Lipinski definition) is 1. The maximum atomic E-state index is 11.8. The van der Waals surface area contributed by atoms with E-state index in [1.807, 2.05) is 29.7 Å². The van der Waals surface area contributed by atoms with Crippen LogP contribution in [0.4, 0.5) is 0 Å². The van der Waals surface area contributed by atoms with E-state index in [0.717, 1.165) is 11.2 Å². The van der Waals surface area contributed by atoms with E-state index in [4.69, 9.17) is 0 Å². The summed E-state index contributed by atoms with van der Waals surface area (Å²) in [5.74, 6) is 0.332. The Morgan fingerprint density at radius 3 is 3.00 bits per heavy atom. The number of pyridine rings is 1. The third-order valence-electron chi connectivity index (χ3n) is 2.52. The number of amides is 1. The van der Waals surface area contributed by atoms with Crippen LogP contribution >= 0.6 is 0 Å². The van der Waals surface area contributed by atoms with Crippen LogP contribution in [-0.4, -0.2) is 21.8 Å². The molecule has 0 aliphatic carbocycles. The van der Waals surface area contributed by atoms with Gasteiger partial charge >= 0.3 is 0 Å². The zero-order valence-corrected chi connectivity index (χ0v) is 10.4. The van der Waals surface area contributed by atoms with Crippen molar-refractivity contribution in [2.75, 3.05) is 6.54 Å². The van der Waals surface area contributed by atoms with E-state index in [9.17, 15) is 4.79 Å². The lowest BCUT2D eigenvalue weighted by molar-refractivity contribution is 0.0944. The summed E-state index contributed by atoms with van der Waals surface area (Å²) in [7, 11) is 0. The van der Waals surface area contributed by atoms with Crippen LogP contribution in [0.15, 0.2) is 24.5 Å². The highest BCUT2D eigenvalue weighted by Gasteiger charge is 2.10. The summed E-state index contributed by atoms with van der Waals surface area (Å²) in [5.41, 5.74) is 2.41. The van der Waals surface area contributed by atoms with E-state index < -0.39 is 0 Å². The number of rotatable bonds is 3. The van der Waals surface area contributed by atoms with Crippen molar-refractivity contribution in [2.24, 2.45) is 5.92 Å². The first-order valence-corrected chi connectivity index (χ1v) is 5.80. The second-order valence-electron chi connectivity index (χ2n) is 4.70. The number of aryl methyl sites for hydroxylation is 1. The summed E-state index contributed by atoms with van der Waals surface area (Å²) in [5, 5.41) is 2.86. The second kappa shape index (κ2) is 4.57. The van der Waals surface area contributed by atoms with Crippen LogP contribution in [-0.2, 0) is 0 Å². The summed E-state index contributed by atoms with van der Waals surface area (Å²) >= 11 is 0. The molecule has 0 fully saturated rings. The topological polar surface area (TPSA) is 46.4 Å². The molecule has 0 atom stereocenters. The van der Waals surface area contributed by atoms with Gasteiger partial charge in [-0.3, -0.25) is 4.79 Å². The molecule has 90 valence electrons. The molecule has 2 aromatic heterocycles. The Balaban J connectivity index is 2.21. The van der Waals surface area contributed by atoms with Gasteiger partial charge in [0.2, 0.25) is 0 Å². The fraction of sp³-hybridized carbons (Fsp3) is 0.385. The Morgan fingerprint density at radius 1 is 1.53 bits per heavy atom. The van der Waals surface area contributed by atoms with Gasteiger partial charge in [-0.2, -0.15) is 0 Å². The Hall–Kier alpha value is -1.84. The van der Waals surface area contributed by atoms with Gasteiger partial charge in [0.25, 0.3) is 5.91 Å². The lowest BCUT2D eigenvalue weighted by Crippen LogP contribution is -2.27. The minimum atomic E-state index is -0.111. The van der Waals surface area contributed by atoms with E-state index in [-0.39, 0.29) is 5.91 Å². The monoisotopic (exact) mass is 231 g/mol. The quantitative estimate of drug-likeness (QED) is 0.878. The Morgan fingerprint density at radius 2 is 2.29 bits per heavy atom. The molecule has 0 unspecified atom stereocenters. The molecule has 0 radical (unpaired) electrons. The average molecular weight is 231 g/mol. The van der Waals surface area contributed by atoms with Gasteiger partial charge in [-0.25, -0.2) is 4.98 Å². The van der Waals surface area contributed by atoms with Gasteiger partial charge in [-0.05, 0) is 30.5 Å². The molecule has 17 heavy (non-hydrogen) atoms. The van der Waals surface area contributed by atoms with Crippen molar-refractivity contribution in [1.29, 1.82) is 0 Å². The maximum Gasteiger partial charge on any atom is 0.271 e. The number of nitrogens with one attached hydrogen (secondary N) is 1. The summed E-state index contributed by atoms with van der Waals surface area (Å²) in [6, 6.07) is 3.95. The highest BCUT2D eigenvalue weighted by atomic mass is 16.1. The van der Waals surface area contributed by atoms with Crippen LogP contribution in [0, 0.1) is 12.8 Å². The maximum absolute atomic E-state index is 11.8. The molecule has 0 saturated carbocycles. The number of fused-ring (bicyclic) bond motifs is 1. The molecule has 2 heterocycles. The van der Waals surface area contributed by atoms with Crippen LogP contribution in [0.2, 0.25) is 0 Å². The summed E-state index contributed by atoms with van der Waals surface area (Å²) in [6.45, 7) is 6.81. The number of imidazole rings is 1. The third kappa shape index (κ3) is 2.64. The van der Waals surface area contributed by atoms with Gasteiger partial charge < -0.3 is 9.72 Å². The average Bonchev–Trinajstić information content (AvgIpc) is 2.68. The number of hydrogen-bond acceptors (Lipinski definition) is 2. The minimum absolute atomic E-state index is 0.111. The normalized spacial score (nSPS) is 11.1. The van der Waals surface area contributed by atoms with Gasteiger partial charge in [-0.15, -0.1) is 0 Å². The molecule has 1 amide bonds. The molecule has 4 heteroatoms. The van der Waals surface area contributed by atoms with E-state index in [1.54, 1.807) is 6.20 Å². The standard InChI is InChI=1S/C13H17N3O/c1-9(2)7-14-13(17)11-8-16-5-4-10(3)6-12(16)15-11/h4-6,8-9H,7H2,1-3H3,(H,14,17). The van der Waals surface area contributed by atoms with Crippen molar-refractivity contribution in [3.05, 3.63) is 35.8 Å². The second-order valence-corrected chi connectivity index (χ2v) is 4.70. The summed E-state index contributed by atoms with van der Waals surface area (Å²) < 4.78 is 1.86. The highest BCUT2D eigenvalue weighted by Crippen LogP contribution is 2.07. The first-order valence-electron chi connectivity index (χ1n) is 5.80. The lowest BCUT2D eigenvalue weighted by atomic mass is 10.2. The van der Waals surface area contributed by atoms with Gasteiger partial charge in [-0.1, -0.05) is 13.8 Å². The van der Waals surface area contributed by atoms with Crippen LogP contribution in [0.25, 0.3) is 5.65 Å². The number of nitrogens with zero attached hydrogens (tertiary/aromatic N) is 2. The Bertz CT molecular complexity index is 543. The van der Waals surface area contributed by atoms with E-state index in [2.05, 4.69) is 24.1 Å². The van der Waals surface area contributed by atoms with Gasteiger partial charge in [0.15, 0.2) is 0 Å². The van der Waals surface area contributed by atoms with Gasteiger partial charge in [0.1, 0.15) is 11.3 Å². The number of carbonyl (C=O) groups is 1. The van der Waals surface area contributed by atoms with Crippen LogP contribution in [0.3, 0.4) is 0 Å². The van der Waals surface area contributed by atoms with Crippen LogP contribution < -0.4 is 5.32 Å². The molecule has 0 aliphatic heterocycles. The zero-order valence-electron chi connectivity index (χ0n) is 10.4. The molecule has 2 aromatic rings. The van der Waals surface area contributed by atoms with Crippen molar-refractivity contribution in [2.45, 2.75) is 20.8 Å². The van der Waals surface area contributed by atoms with Crippen molar-refractivity contribution in [3.8, 4) is 0 Å². The fourth-order valence-corrected chi connectivity index (χ4v) is 1.58. The van der Waals surface area contributed by atoms with Gasteiger partial charge in [0.05, 0.1) is 0 Å². The molecular formula is C13H17N3O. The Kier molecular flexibility index (Phi) is 3.13. The largest absolute Gasteiger partial charge is 0.350 e.